The Bertz CT molecular complexity index is 1140. The SMILES string of the molecule is C=CC[C@@H](NC(=O)CC1CC(F)(F)C1)/C(C)=C/c1nc([C@@H](NC(=O)OC(C)(C)C)C2CCC(F)(F)CC2)cn1N=C. The Morgan fingerprint density at radius 3 is 2.37 bits per heavy atom. The van der Waals surface area contributed by atoms with Crippen LogP contribution in [0.15, 0.2) is 29.5 Å². The van der Waals surface area contributed by atoms with Gasteiger partial charge in [0, 0.05) is 38.8 Å². The van der Waals surface area contributed by atoms with Gasteiger partial charge in [0.05, 0.1) is 24.0 Å². The number of nitrogens with one attached hydrogen (secondary N) is 2. The van der Waals surface area contributed by atoms with E-state index in [2.05, 4.69) is 34.0 Å². The normalized spacial score (nSPS) is 20.8. The van der Waals surface area contributed by atoms with Crippen LogP contribution in [0.4, 0.5) is 22.4 Å². The van der Waals surface area contributed by atoms with Crippen LogP contribution in [0, 0.1) is 11.8 Å². The van der Waals surface area contributed by atoms with Gasteiger partial charge < -0.3 is 15.4 Å². The number of amides is 2. The Labute approximate surface area is 238 Å². The molecule has 2 aliphatic carbocycles. The summed E-state index contributed by atoms with van der Waals surface area (Å²) in [7, 11) is 0. The molecule has 0 saturated heterocycles. The molecule has 0 aliphatic heterocycles. The highest BCUT2D eigenvalue weighted by Crippen LogP contribution is 2.44. The first-order valence-electron chi connectivity index (χ1n) is 13.9. The first-order chi connectivity index (χ1) is 19.0. The Kier molecular flexibility index (Phi) is 10.1. The Balaban J connectivity index is 1.83. The van der Waals surface area contributed by atoms with E-state index in [1.165, 1.54) is 4.68 Å². The van der Waals surface area contributed by atoms with Crippen LogP contribution in [-0.2, 0) is 9.53 Å². The molecule has 2 N–H and O–H groups in total. The Morgan fingerprint density at radius 1 is 1.20 bits per heavy atom. The van der Waals surface area contributed by atoms with Crippen LogP contribution >= 0.6 is 0 Å². The minimum Gasteiger partial charge on any atom is -0.444 e. The maximum atomic E-state index is 13.9. The van der Waals surface area contributed by atoms with Gasteiger partial charge in [-0.05, 0) is 70.4 Å². The van der Waals surface area contributed by atoms with Crippen LogP contribution in [0.2, 0.25) is 0 Å². The van der Waals surface area contributed by atoms with Gasteiger partial charge in [0.25, 0.3) is 0 Å². The molecule has 2 aliphatic rings. The molecule has 8 nitrogen and oxygen atoms in total. The molecule has 0 radical (unpaired) electrons. The Hall–Kier alpha value is -3.18. The largest absolute Gasteiger partial charge is 0.444 e. The number of hydrogen-bond acceptors (Lipinski definition) is 5. The summed E-state index contributed by atoms with van der Waals surface area (Å²) < 4.78 is 61.0. The number of rotatable bonds is 11. The van der Waals surface area contributed by atoms with Crippen LogP contribution in [0.25, 0.3) is 6.08 Å². The summed E-state index contributed by atoms with van der Waals surface area (Å²) in [5.41, 5.74) is 0.353. The quantitative estimate of drug-likeness (QED) is 0.173. The van der Waals surface area contributed by atoms with Crippen LogP contribution in [0.5, 0.6) is 0 Å². The predicted molar refractivity (Wildman–Crippen MR) is 149 cm³/mol. The smallest absolute Gasteiger partial charge is 0.408 e. The first kappa shape index (κ1) is 32.3. The average molecular weight is 584 g/mol. The minimum atomic E-state index is -2.75. The maximum absolute atomic E-state index is 13.9. The lowest BCUT2D eigenvalue weighted by molar-refractivity contribution is -0.134. The number of nitrogens with zero attached hydrogens (tertiary/aromatic N) is 3. The molecule has 1 heterocycles. The third kappa shape index (κ3) is 9.43. The van der Waals surface area contributed by atoms with Crippen molar-refractivity contribution in [3.8, 4) is 0 Å². The monoisotopic (exact) mass is 583 g/mol. The minimum absolute atomic E-state index is 0.0158. The van der Waals surface area contributed by atoms with Gasteiger partial charge in [0.1, 0.15) is 5.60 Å². The van der Waals surface area contributed by atoms with Gasteiger partial charge in [-0.2, -0.15) is 5.10 Å². The van der Waals surface area contributed by atoms with E-state index in [9.17, 15) is 27.2 Å². The van der Waals surface area contributed by atoms with Crippen molar-refractivity contribution in [1.29, 1.82) is 0 Å². The fourth-order valence-corrected chi connectivity index (χ4v) is 5.30. The highest BCUT2D eigenvalue weighted by molar-refractivity contribution is 5.77. The molecule has 2 fully saturated rings. The van der Waals surface area contributed by atoms with E-state index in [0.29, 0.717) is 23.5 Å². The molecule has 3 rings (SSSR count). The molecule has 2 amide bonds. The number of ether oxygens (including phenoxy) is 1. The second-order valence-electron chi connectivity index (χ2n) is 12.2. The van der Waals surface area contributed by atoms with E-state index in [1.54, 1.807) is 46.0 Å². The van der Waals surface area contributed by atoms with Crippen molar-refractivity contribution in [2.45, 2.75) is 109 Å². The van der Waals surface area contributed by atoms with Gasteiger partial charge in [-0.25, -0.2) is 32.0 Å². The van der Waals surface area contributed by atoms with Crippen LogP contribution in [0.3, 0.4) is 0 Å². The highest BCUT2D eigenvalue weighted by Gasteiger charge is 2.46. The zero-order valence-electron chi connectivity index (χ0n) is 24.2. The number of aromatic nitrogens is 2. The van der Waals surface area contributed by atoms with E-state index in [0.717, 1.165) is 0 Å². The molecular formula is C29H41F4N5O3. The van der Waals surface area contributed by atoms with Crippen LogP contribution in [0.1, 0.15) is 96.6 Å². The first-order valence-corrected chi connectivity index (χ1v) is 13.9. The lowest BCUT2D eigenvalue weighted by Crippen LogP contribution is -2.41. The standard InChI is InChI=1S/C29H41F4N5O3/c1-7-8-21(36-24(39)14-19-15-29(32,33)16-19)18(2)13-23-35-22(17-38(23)34-6)25(37-26(40)41-27(3,4)5)20-9-11-28(30,31)12-10-20/h7,13,17,19-21,25H,1,6,8-12,14-16H2,2-5H3,(H,36,39)(H,37,40)/b18-13+/t21-,25+/m1/s1. The van der Waals surface area contributed by atoms with E-state index >= 15 is 0 Å². The summed E-state index contributed by atoms with van der Waals surface area (Å²) in [4.78, 5) is 29.9. The second kappa shape index (κ2) is 12.8. The fourth-order valence-electron chi connectivity index (χ4n) is 5.30. The van der Waals surface area contributed by atoms with Gasteiger partial charge >= 0.3 is 6.09 Å². The number of alkyl halides is 4. The van der Waals surface area contributed by atoms with Crippen molar-refractivity contribution in [2.75, 3.05) is 0 Å². The molecule has 0 unspecified atom stereocenters. The van der Waals surface area contributed by atoms with Crippen molar-refractivity contribution < 1.29 is 31.9 Å². The molecule has 0 aromatic carbocycles. The zero-order valence-corrected chi connectivity index (χ0v) is 24.2. The number of carbonyl (C=O) groups excluding carboxylic acids is 2. The second-order valence-corrected chi connectivity index (χ2v) is 12.2. The van der Waals surface area contributed by atoms with Crippen molar-refractivity contribution in [2.24, 2.45) is 16.9 Å². The van der Waals surface area contributed by atoms with E-state index in [-0.39, 0.29) is 62.7 Å². The summed E-state index contributed by atoms with van der Waals surface area (Å²) in [6, 6.07) is -1.17. The molecule has 1 aromatic rings. The summed E-state index contributed by atoms with van der Waals surface area (Å²) in [6.07, 6.45) is 3.85. The summed E-state index contributed by atoms with van der Waals surface area (Å²) in [5, 5.41) is 9.70. The summed E-state index contributed by atoms with van der Waals surface area (Å²) in [5.74, 6) is -6.07. The molecule has 1 aromatic heterocycles. The van der Waals surface area contributed by atoms with Crippen molar-refractivity contribution in [3.63, 3.8) is 0 Å². The van der Waals surface area contributed by atoms with Crippen molar-refractivity contribution >= 4 is 24.8 Å². The number of hydrogen-bond donors (Lipinski definition) is 2. The van der Waals surface area contributed by atoms with Gasteiger partial charge in [0.15, 0.2) is 5.82 Å². The Morgan fingerprint density at radius 2 is 1.83 bits per heavy atom. The van der Waals surface area contributed by atoms with E-state index in [4.69, 9.17) is 4.74 Å². The summed E-state index contributed by atoms with van der Waals surface area (Å²) >= 11 is 0. The van der Waals surface area contributed by atoms with E-state index < -0.39 is 35.6 Å². The van der Waals surface area contributed by atoms with Gasteiger partial charge in [-0.15, -0.1) is 6.58 Å². The molecule has 2 atom stereocenters. The third-order valence-corrected chi connectivity index (χ3v) is 7.40. The number of imidazole rings is 1. The number of halogens is 4. The molecule has 228 valence electrons. The molecule has 0 spiro atoms. The average Bonchev–Trinajstić information content (AvgIpc) is 3.22. The molecule has 0 bridgehead atoms. The van der Waals surface area contributed by atoms with Crippen molar-refractivity contribution in [1.82, 2.24) is 20.3 Å². The topological polar surface area (TPSA) is 97.6 Å². The van der Waals surface area contributed by atoms with Gasteiger partial charge in [-0.3, -0.25) is 4.79 Å². The summed E-state index contributed by atoms with van der Waals surface area (Å²) in [6.45, 7) is 14.3. The van der Waals surface area contributed by atoms with E-state index in [1.807, 2.05) is 0 Å². The highest BCUT2D eigenvalue weighted by atomic mass is 19.3. The zero-order chi connectivity index (χ0) is 30.6. The maximum Gasteiger partial charge on any atom is 0.408 e. The third-order valence-electron chi connectivity index (χ3n) is 7.40. The predicted octanol–water partition coefficient (Wildman–Crippen LogP) is 6.64. The van der Waals surface area contributed by atoms with Gasteiger partial charge in [0.2, 0.25) is 17.8 Å². The molecular weight excluding hydrogens is 542 g/mol. The molecule has 12 heteroatoms. The van der Waals surface area contributed by atoms with Crippen molar-refractivity contribution in [3.05, 3.63) is 35.9 Å². The van der Waals surface area contributed by atoms with Crippen LogP contribution < -0.4 is 10.6 Å². The lowest BCUT2D eigenvalue weighted by Gasteiger charge is -2.34. The lowest BCUT2D eigenvalue weighted by atomic mass is 9.79. The molecule has 41 heavy (non-hydrogen) atoms. The van der Waals surface area contributed by atoms with Crippen LogP contribution in [-0.4, -0.2) is 51.9 Å². The number of alkyl carbamates (subject to hydrolysis) is 1. The number of carbonyl (C=O) groups is 2. The molecule has 2 saturated carbocycles. The van der Waals surface area contributed by atoms with Gasteiger partial charge in [-0.1, -0.05) is 6.08 Å². The fraction of sp³-hybridized carbons (Fsp3) is 0.655.